The Hall–Kier alpha value is -2.86. The summed E-state index contributed by atoms with van der Waals surface area (Å²) in [5.74, 6) is 0.841. The highest BCUT2D eigenvalue weighted by Crippen LogP contribution is 2.26. The Balaban J connectivity index is 1.41. The predicted octanol–water partition coefficient (Wildman–Crippen LogP) is 3.29. The van der Waals surface area contributed by atoms with Crippen molar-refractivity contribution in [3.63, 3.8) is 0 Å². The van der Waals surface area contributed by atoms with Crippen LogP contribution in [0.5, 0.6) is 0 Å². The highest BCUT2D eigenvalue weighted by Gasteiger charge is 2.27. The Labute approximate surface area is 167 Å². The van der Waals surface area contributed by atoms with Crippen LogP contribution in [0.25, 0.3) is 0 Å². The summed E-state index contributed by atoms with van der Waals surface area (Å²) in [7, 11) is 0. The number of aromatic amines is 1. The smallest absolute Gasteiger partial charge is 0.339 e. The molecule has 2 aromatic carbocycles. The summed E-state index contributed by atoms with van der Waals surface area (Å²) >= 11 is 5.99. The Morgan fingerprint density at radius 3 is 2.57 bits per heavy atom. The molecule has 1 N–H and O–H groups in total. The monoisotopic (exact) mass is 396 g/mol. The van der Waals surface area contributed by atoms with Gasteiger partial charge in [-0.25, -0.2) is 9.48 Å². The van der Waals surface area contributed by atoms with Gasteiger partial charge in [-0.3, -0.25) is 9.78 Å². The van der Waals surface area contributed by atoms with Crippen LogP contribution in [0.15, 0.2) is 59.4 Å². The number of H-pyrrole nitrogens is 1. The fourth-order valence-corrected chi connectivity index (χ4v) is 3.77. The van der Waals surface area contributed by atoms with Crippen LogP contribution in [0.4, 0.5) is 0 Å². The fourth-order valence-electron chi connectivity index (χ4n) is 3.58. The van der Waals surface area contributed by atoms with Gasteiger partial charge in [0, 0.05) is 29.6 Å². The third-order valence-electron chi connectivity index (χ3n) is 5.11. The van der Waals surface area contributed by atoms with Crippen molar-refractivity contribution in [1.29, 1.82) is 0 Å². The molecule has 0 saturated carbocycles. The van der Waals surface area contributed by atoms with Crippen molar-refractivity contribution in [3.05, 3.63) is 87.1 Å². The zero-order chi connectivity index (χ0) is 19.5. The maximum atomic E-state index is 12.6. The lowest BCUT2D eigenvalue weighted by Gasteiger charge is -2.31. The number of nitrogens with zero attached hydrogens (tertiary/aromatic N) is 3. The third-order valence-corrected chi connectivity index (χ3v) is 5.35. The van der Waals surface area contributed by atoms with E-state index in [-0.39, 0.29) is 17.5 Å². The van der Waals surface area contributed by atoms with Crippen LogP contribution >= 0.6 is 11.6 Å². The number of halogens is 1. The molecule has 0 bridgehead atoms. The molecule has 0 spiro atoms. The number of carbonyl (C=O) groups is 1. The van der Waals surface area contributed by atoms with Gasteiger partial charge in [0.15, 0.2) is 0 Å². The van der Waals surface area contributed by atoms with Crippen molar-refractivity contribution in [1.82, 2.24) is 19.7 Å². The average Bonchev–Trinajstić information content (AvgIpc) is 3.08. The zero-order valence-electron chi connectivity index (χ0n) is 15.3. The first-order valence-electron chi connectivity index (χ1n) is 9.36. The minimum absolute atomic E-state index is 0.0101. The normalized spacial score (nSPS) is 15.0. The highest BCUT2D eigenvalue weighted by atomic mass is 35.5. The SMILES string of the molecule is O=C(c1cccc(Cl)c1)N1CCC(c2nn(Cc3ccccc3)c(=O)[nH]2)CC1. The van der Waals surface area contributed by atoms with E-state index in [4.69, 9.17) is 11.6 Å². The number of nitrogens with one attached hydrogen (secondary N) is 1. The topological polar surface area (TPSA) is 71.0 Å². The number of carbonyl (C=O) groups excluding carboxylic acids is 1. The summed E-state index contributed by atoms with van der Waals surface area (Å²) < 4.78 is 1.47. The summed E-state index contributed by atoms with van der Waals surface area (Å²) in [6, 6.07) is 16.8. The molecule has 28 heavy (non-hydrogen) atoms. The summed E-state index contributed by atoms with van der Waals surface area (Å²) in [5, 5.41) is 5.05. The number of aromatic nitrogens is 3. The van der Waals surface area contributed by atoms with Gasteiger partial charge in [0.25, 0.3) is 5.91 Å². The second kappa shape index (κ2) is 8.02. The molecule has 1 aliphatic heterocycles. The molecule has 1 amide bonds. The Bertz CT molecular complexity index is 1020. The van der Waals surface area contributed by atoms with E-state index in [0.717, 1.165) is 18.4 Å². The number of amides is 1. The number of hydrogen-bond donors (Lipinski definition) is 1. The van der Waals surface area contributed by atoms with Gasteiger partial charge in [-0.05, 0) is 36.6 Å². The largest absolute Gasteiger partial charge is 0.343 e. The fraction of sp³-hybridized carbons (Fsp3) is 0.286. The van der Waals surface area contributed by atoms with Gasteiger partial charge in [-0.1, -0.05) is 48.0 Å². The van der Waals surface area contributed by atoms with E-state index in [2.05, 4.69) is 10.1 Å². The molecular formula is C21H21ClN4O2. The first-order chi connectivity index (χ1) is 13.6. The van der Waals surface area contributed by atoms with Crippen molar-refractivity contribution < 1.29 is 4.79 Å². The van der Waals surface area contributed by atoms with Crippen LogP contribution in [0.3, 0.4) is 0 Å². The van der Waals surface area contributed by atoms with E-state index in [1.807, 2.05) is 35.2 Å². The van der Waals surface area contributed by atoms with E-state index in [1.165, 1.54) is 4.68 Å². The summed E-state index contributed by atoms with van der Waals surface area (Å²) in [4.78, 5) is 29.6. The lowest BCUT2D eigenvalue weighted by Crippen LogP contribution is -2.38. The van der Waals surface area contributed by atoms with Crippen LogP contribution < -0.4 is 5.69 Å². The Morgan fingerprint density at radius 1 is 1.11 bits per heavy atom. The number of benzene rings is 2. The molecule has 1 fully saturated rings. The predicted molar refractivity (Wildman–Crippen MR) is 108 cm³/mol. The van der Waals surface area contributed by atoms with Crippen molar-refractivity contribution in [2.45, 2.75) is 25.3 Å². The van der Waals surface area contributed by atoms with Crippen LogP contribution in [0.1, 0.15) is 40.5 Å². The number of piperidine rings is 1. The van der Waals surface area contributed by atoms with Crippen molar-refractivity contribution >= 4 is 17.5 Å². The van der Waals surface area contributed by atoms with Gasteiger partial charge < -0.3 is 4.90 Å². The van der Waals surface area contributed by atoms with Crippen molar-refractivity contribution in [2.75, 3.05) is 13.1 Å². The lowest BCUT2D eigenvalue weighted by atomic mass is 9.95. The molecule has 0 unspecified atom stereocenters. The molecule has 1 aromatic heterocycles. The van der Waals surface area contributed by atoms with Crippen molar-refractivity contribution in [3.8, 4) is 0 Å². The van der Waals surface area contributed by atoms with Gasteiger partial charge in [-0.2, -0.15) is 5.10 Å². The summed E-state index contributed by atoms with van der Waals surface area (Å²) in [6.45, 7) is 1.70. The summed E-state index contributed by atoms with van der Waals surface area (Å²) in [5.41, 5.74) is 1.44. The molecule has 1 aliphatic rings. The number of rotatable bonds is 4. The molecule has 1 saturated heterocycles. The molecule has 6 nitrogen and oxygen atoms in total. The lowest BCUT2D eigenvalue weighted by molar-refractivity contribution is 0.0711. The Kier molecular flexibility index (Phi) is 5.30. The second-order valence-electron chi connectivity index (χ2n) is 7.04. The molecule has 2 heterocycles. The average molecular weight is 397 g/mol. The van der Waals surface area contributed by atoms with E-state index >= 15 is 0 Å². The quantitative estimate of drug-likeness (QED) is 0.735. The molecule has 0 atom stereocenters. The molecular weight excluding hydrogens is 376 g/mol. The minimum Gasteiger partial charge on any atom is -0.339 e. The van der Waals surface area contributed by atoms with Crippen LogP contribution in [0, 0.1) is 0 Å². The van der Waals surface area contributed by atoms with Gasteiger partial charge in [-0.15, -0.1) is 0 Å². The van der Waals surface area contributed by atoms with E-state index in [0.29, 0.717) is 36.0 Å². The van der Waals surface area contributed by atoms with Crippen LogP contribution in [0.2, 0.25) is 5.02 Å². The third kappa shape index (κ3) is 4.02. The van der Waals surface area contributed by atoms with Crippen molar-refractivity contribution in [2.24, 2.45) is 0 Å². The summed E-state index contributed by atoms with van der Waals surface area (Å²) in [6.07, 6.45) is 1.54. The van der Waals surface area contributed by atoms with Crippen LogP contribution in [-0.2, 0) is 6.54 Å². The van der Waals surface area contributed by atoms with Crippen LogP contribution in [-0.4, -0.2) is 38.7 Å². The molecule has 7 heteroatoms. The van der Waals surface area contributed by atoms with Gasteiger partial charge in [0.1, 0.15) is 5.82 Å². The first kappa shape index (κ1) is 18.5. The van der Waals surface area contributed by atoms with E-state index < -0.39 is 0 Å². The highest BCUT2D eigenvalue weighted by molar-refractivity contribution is 6.30. The number of hydrogen-bond acceptors (Lipinski definition) is 3. The van der Waals surface area contributed by atoms with Gasteiger partial charge in [0.2, 0.25) is 0 Å². The first-order valence-corrected chi connectivity index (χ1v) is 9.74. The molecule has 4 rings (SSSR count). The van der Waals surface area contributed by atoms with Gasteiger partial charge in [0.05, 0.1) is 6.54 Å². The molecule has 144 valence electrons. The zero-order valence-corrected chi connectivity index (χ0v) is 16.1. The number of likely N-dealkylation sites (tertiary alicyclic amines) is 1. The molecule has 3 aromatic rings. The Morgan fingerprint density at radius 2 is 1.86 bits per heavy atom. The molecule has 0 radical (unpaired) electrons. The second-order valence-corrected chi connectivity index (χ2v) is 7.47. The van der Waals surface area contributed by atoms with Gasteiger partial charge >= 0.3 is 5.69 Å². The van der Waals surface area contributed by atoms with E-state index in [9.17, 15) is 9.59 Å². The maximum absolute atomic E-state index is 12.6. The van der Waals surface area contributed by atoms with E-state index in [1.54, 1.807) is 24.3 Å². The molecule has 0 aliphatic carbocycles. The standard InChI is InChI=1S/C21H21ClN4O2/c22-18-8-4-7-17(13-18)20(27)25-11-9-16(10-12-25)19-23-21(28)26(24-19)14-15-5-2-1-3-6-15/h1-8,13,16H,9-12,14H2,(H,23,24,28). The maximum Gasteiger partial charge on any atom is 0.343 e. The minimum atomic E-state index is -0.198.